The molecule has 0 bridgehead atoms. The van der Waals surface area contributed by atoms with E-state index in [-0.39, 0.29) is 16.7 Å². The molecule has 0 aliphatic carbocycles. The van der Waals surface area contributed by atoms with Gasteiger partial charge in [0.25, 0.3) is 0 Å². The van der Waals surface area contributed by atoms with Crippen LogP contribution in [0.1, 0.15) is 24.0 Å². The second-order valence-electron chi connectivity index (χ2n) is 7.15. The number of carbonyl (C=O) groups is 1. The molecule has 0 atom stereocenters. The minimum absolute atomic E-state index is 0.0442. The number of nitrogens with one attached hydrogen (secondary N) is 1. The summed E-state index contributed by atoms with van der Waals surface area (Å²) in [5.41, 5.74) is 1.74. The van der Waals surface area contributed by atoms with Gasteiger partial charge in [-0.25, -0.2) is 8.42 Å². The van der Waals surface area contributed by atoms with Gasteiger partial charge < -0.3 is 10.1 Å². The minimum atomic E-state index is -3.58. The van der Waals surface area contributed by atoms with E-state index in [4.69, 9.17) is 16.3 Å². The Morgan fingerprint density at radius 2 is 1.83 bits per heavy atom. The molecule has 1 N–H and O–H groups in total. The second kappa shape index (κ2) is 9.15. The van der Waals surface area contributed by atoms with Crippen LogP contribution in [0, 0.1) is 12.8 Å². The van der Waals surface area contributed by atoms with Gasteiger partial charge in [-0.1, -0.05) is 23.7 Å². The van der Waals surface area contributed by atoms with Crippen LogP contribution in [-0.4, -0.2) is 38.8 Å². The third-order valence-corrected chi connectivity index (χ3v) is 7.36. The quantitative estimate of drug-likeness (QED) is 0.753. The first-order valence-corrected chi connectivity index (χ1v) is 11.3. The van der Waals surface area contributed by atoms with Gasteiger partial charge in [-0.15, -0.1) is 0 Å². The van der Waals surface area contributed by atoms with Gasteiger partial charge in [0, 0.05) is 30.6 Å². The highest BCUT2D eigenvalue weighted by Crippen LogP contribution is 2.27. The zero-order valence-corrected chi connectivity index (χ0v) is 18.1. The van der Waals surface area contributed by atoms with Crippen molar-refractivity contribution >= 4 is 27.5 Å². The van der Waals surface area contributed by atoms with E-state index >= 15 is 0 Å². The van der Waals surface area contributed by atoms with Gasteiger partial charge in [0.15, 0.2) is 0 Å². The van der Waals surface area contributed by atoms with Crippen LogP contribution in [-0.2, 0) is 21.4 Å². The lowest BCUT2D eigenvalue weighted by atomic mass is 9.97. The Bertz CT molecular complexity index is 969. The van der Waals surface area contributed by atoms with Crippen LogP contribution in [0.25, 0.3) is 0 Å². The largest absolute Gasteiger partial charge is 0.496 e. The van der Waals surface area contributed by atoms with E-state index in [0.29, 0.717) is 43.2 Å². The molecule has 1 saturated heterocycles. The Kier molecular flexibility index (Phi) is 6.82. The highest BCUT2D eigenvalue weighted by Gasteiger charge is 2.32. The standard InChI is InChI=1S/C21H25ClN2O4S/c1-15-13-19(7-8-20(15)28-2)29(26,27)24-11-9-17(10-12-24)21(25)23-14-16-3-5-18(22)6-4-16/h3-8,13,17H,9-12,14H2,1-2H3,(H,23,25). The van der Waals surface area contributed by atoms with Crippen LogP contribution in [0.3, 0.4) is 0 Å². The summed E-state index contributed by atoms with van der Waals surface area (Å²) < 4.78 is 32.5. The van der Waals surface area contributed by atoms with Crippen molar-refractivity contribution in [2.75, 3.05) is 20.2 Å². The summed E-state index contributed by atoms with van der Waals surface area (Å²) >= 11 is 5.87. The predicted octanol–water partition coefficient (Wildman–Crippen LogP) is 3.37. The Labute approximate surface area is 176 Å². The van der Waals surface area contributed by atoms with E-state index in [1.54, 1.807) is 37.4 Å². The lowest BCUT2D eigenvalue weighted by Gasteiger charge is -2.30. The number of halogens is 1. The summed E-state index contributed by atoms with van der Waals surface area (Å²) in [5.74, 6) is 0.420. The third kappa shape index (κ3) is 5.10. The van der Waals surface area contributed by atoms with Crippen LogP contribution in [0.2, 0.25) is 5.02 Å². The summed E-state index contributed by atoms with van der Waals surface area (Å²) in [5, 5.41) is 3.58. The van der Waals surface area contributed by atoms with E-state index in [2.05, 4.69) is 5.32 Å². The zero-order chi connectivity index (χ0) is 21.0. The lowest BCUT2D eigenvalue weighted by molar-refractivity contribution is -0.126. The Hall–Kier alpha value is -2.09. The molecule has 1 aliphatic heterocycles. The number of hydrogen-bond donors (Lipinski definition) is 1. The fourth-order valence-corrected chi connectivity index (χ4v) is 5.14. The van der Waals surface area contributed by atoms with Gasteiger partial charge in [-0.2, -0.15) is 4.31 Å². The Balaban J connectivity index is 1.57. The third-order valence-electron chi connectivity index (χ3n) is 5.21. The molecule has 1 fully saturated rings. The molecule has 0 radical (unpaired) electrons. The van der Waals surface area contributed by atoms with Gasteiger partial charge in [-0.05, 0) is 61.2 Å². The van der Waals surface area contributed by atoms with E-state index in [1.165, 1.54) is 4.31 Å². The van der Waals surface area contributed by atoms with Crippen molar-refractivity contribution in [2.24, 2.45) is 5.92 Å². The van der Waals surface area contributed by atoms with Gasteiger partial charge in [0.2, 0.25) is 15.9 Å². The van der Waals surface area contributed by atoms with Gasteiger partial charge in [0.1, 0.15) is 5.75 Å². The second-order valence-corrected chi connectivity index (χ2v) is 9.53. The minimum Gasteiger partial charge on any atom is -0.496 e. The van der Waals surface area contributed by atoms with E-state index in [1.807, 2.05) is 19.1 Å². The maximum atomic E-state index is 12.9. The summed E-state index contributed by atoms with van der Waals surface area (Å²) in [7, 11) is -2.03. The van der Waals surface area contributed by atoms with Crippen molar-refractivity contribution in [2.45, 2.75) is 31.2 Å². The molecule has 0 unspecified atom stereocenters. The normalized spacial score (nSPS) is 15.8. The molecular weight excluding hydrogens is 412 g/mol. The van der Waals surface area contributed by atoms with Crippen LogP contribution in [0.15, 0.2) is 47.4 Å². The molecule has 0 aromatic heterocycles. The molecule has 0 spiro atoms. The molecule has 2 aromatic carbocycles. The molecule has 0 saturated carbocycles. The SMILES string of the molecule is COc1ccc(S(=O)(=O)N2CCC(C(=O)NCc3ccc(Cl)cc3)CC2)cc1C. The van der Waals surface area contributed by atoms with Crippen LogP contribution in [0.4, 0.5) is 0 Å². The first kappa shape index (κ1) is 21.6. The number of aryl methyl sites for hydroxylation is 1. The number of piperidine rings is 1. The topological polar surface area (TPSA) is 75.7 Å². The van der Waals surface area contributed by atoms with Crippen molar-refractivity contribution in [3.63, 3.8) is 0 Å². The molecule has 29 heavy (non-hydrogen) atoms. The van der Waals surface area contributed by atoms with Crippen molar-refractivity contribution in [1.82, 2.24) is 9.62 Å². The number of sulfonamides is 1. The van der Waals surface area contributed by atoms with Gasteiger partial charge in [0.05, 0.1) is 12.0 Å². The van der Waals surface area contributed by atoms with E-state index in [9.17, 15) is 13.2 Å². The zero-order valence-electron chi connectivity index (χ0n) is 16.5. The number of benzene rings is 2. The molecule has 1 amide bonds. The summed E-state index contributed by atoms with van der Waals surface area (Å²) in [4.78, 5) is 12.7. The fourth-order valence-electron chi connectivity index (χ4n) is 3.45. The average Bonchev–Trinajstić information content (AvgIpc) is 2.73. The first-order chi connectivity index (χ1) is 13.8. The Morgan fingerprint density at radius 3 is 2.41 bits per heavy atom. The van der Waals surface area contributed by atoms with Crippen molar-refractivity contribution in [3.8, 4) is 5.75 Å². The van der Waals surface area contributed by atoms with E-state index in [0.717, 1.165) is 11.1 Å². The van der Waals surface area contributed by atoms with Crippen LogP contribution < -0.4 is 10.1 Å². The highest BCUT2D eigenvalue weighted by atomic mass is 35.5. The lowest BCUT2D eigenvalue weighted by Crippen LogP contribution is -2.42. The molecule has 1 aliphatic rings. The maximum absolute atomic E-state index is 12.9. The number of amides is 1. The summed E-state index contributed by atoms with van der Waals surface area (Å²) in [6.45, 7) is 2.90. The average molecular weight is 437 g/mol. The molecule has 2 aromatic rings. The van der Waals surface area contributed by atoms with E-state index < -0.39 is 10.0 Å². The van der Waals surface area contributed by atoms with Gasteiger partial charge in [-0.3, -0.25) is 4.79 Å². The molecule has 8 heteroatoms. The number of carbonyl (C=O) groups excluding carboxylic acids is 1. The molecule has 156 valence electrons. The molecule has 6 nitrogen and oxygen atoms in total. The number of methoxy groups -OCH3 is 1. The Morgan fingerprint density at radius 1 is 1.17 bits per heavy atom. The number of rotatable bonds is 6. The molecular formula is C21H25ClN2O4S. The van der Waals surface area contributed by atoms with Crippen LogP contribution in [0.5, 0.6) is 5.75 Å². The number of ether oxygens (including phenoxy) is 1. The van der Waals surface area contributed by atoms with Gasteiger partial charge >= 0.3 is 0 Å². The van der Waals surface area contributed by atoms with Crippen molar-refractivity contribution in [3.05, 3.63) is 58.6 Å². The van der Waals surface area contributed by atoms with Crippen molar-refractivity contribution < 1.29 is 17.9 Å². The van der Waals surface area contributed by atoms with Crippen molar-refractivity contribution in [1.29, 1.82) is 0 Å². The fraction of sp³-hybridized carbons (Fsp3) is 0.381. The monoisotopic (exact) mass is 436 g/mol. The maximum Gasteiger partial charge on any atom is 0.243 e. The highest BCUT2D eigenvalue weighted by molar-refractivity contribution is 7.89. The van der Waals surface area contributed by atoms with Crippen LogP contribution >= 0.6 is 11.6 Å². The first-order valence-electron chi connectivity index (χ1n) is 9.48. The smallest absolute Gasteiger partial charge is 0.243 e. The predicted molar refractivity (Wildman–Crippen MR) is 113 cm³/mol. The number of hydrogen-bond acceptors (Lipinski definition) is 4. The summed E-state index contributed by atoms with van der Waals surface area (Å²) in [6.07, 6.45) is 1.00. The number of nitrogens with zero attached hydrogens (tertiary/aromatic N) is 1. The summed E-state index contributed by atoms with van der Waals surface area (Å²) in [6, 6.07) is 12.2. The molecule has 1 heterocycles. The molecule has 3 rings (SSSR count).